The van der Waals surface area contributed by atoms with Crippen molar-refractivity contribution in [2.24, 2.45) is 5.92 Å². The number of thiazole rings is 1. The second-order valence-corrected chi connectivity index (χ2v) is 11.0. The molecule has 0 bridgehead atoms. The zero-order valence-electron chi connectivity index (χ0n) is 21.6. The van der Waals surface area contributed by atoms with Crippen molar-refractivity contribution in [1.29, 1.82) is 0 Å². The largest absolute Gasteiger partial charge is 0.486 e. The highest BCUT2D eigenvalue weighted by molar-refractivity contribution is 7.09. The maximum atomic E-state index is 14.2. The van der Waals surface area contributed by atoms with Crippen molar-refractivity contribution < 1.29 is 23.5 Å². The Labute approximate surface area is 226 Å². The molecule has 2 amide bonds. The average Bonchev–Trinajstić information content (AvgIpc) is 3.62. The summed E-state index contributed by atoms with van der Waals surface area (Å²) in [6, 6.07) is 11.9. The fraction of sp³-hybridized carbons (Fsp3) is 0.414. The molecule has 1 fully saturated rings. The molecule has 0 aliphatic carbocycles. The predicted octanol–water partition coefficient (Wildman–Crippen LogP) is 4.90. The number of carbonyl (C=O) groups excluding carboxylic acids is 2. The van der Waals surface area contributed by atoms with Crippen molar-refractivity contribution >= 4 is 23.2 Å². The first-order valence-corrected chi connectivity index (χ1v) is 13.9. The number of carbonyl (C=O) groups is 2. The lowest BCUT2D eigenvalue weighted by atomic mass is 9.87. The zero-order valence-corrected chi connectivity index (χ0v) is 22.4. The SMILES string of the molecule is CC(C)C(=O)N1CCc2ccc(OCc3nc(C(=O)NC[C@@H]4CCCO4)cs3)cc2[C@H]1c1cccc(F)c1. The summed E-state index contributed by atoms with van der Waals surface area (Å²) in [6.45, 7) is 5.77. The Bertz CT molecular complexity index is 1300. The third kappa shape index (κ3) is 5.89. The second kappa shape index (κ2) is 11.6. The molecule has 0 spiro atoms. The number of nitrogens with zero attached hydrogens (tertiary/aromatic N) is 2. The topological polar surface area (TPSA) is 80.8 Å². The van der Waals surface area contributed by atoms with Crippen molar-refractivity contribution in [3.05, 3.63) is 81.1 Å². The van der Waals surface area contributed by atoms with Crippen molar-refractivity contribution in [2.45, 2.75) is 51.9 Å². The van der Waals surface area contributed by atoms with Crippen LogP contribution in [0.3, 0.4) is 0 Å². The molecule has 3 heterocycles. The van der Waals surface area contributed by atoms with Gasteiger partial charge in [0.05, 0.1) is 12.1 Å². The van der Waals surface area contributed by atoms with Crippen LogP contribution < -0.4 is 10.1 Å². The molecule has 200 valence electrons. The van der Waals surface area contributed by atoms with Crippen LogP contribution in [0.1, 0.15) is 64.9 Å². The standard InChI is InChI=1S/C29H32FN3O4S/c1-18(2)29(35)33-11-10-19-8-9-22(14-24(19)27(33)20-5-3-6-21(30)13-20)37-16-26-32-25(17-38-26)28(34)31-15-23-7-4-12-36-23/h3,5-6,8-9,13-14,17-18,23,27H,4,7,10-12,15-16H2,1-2H3,(H,31,34)/t23-,27+/m0/s1. The van der Waals surface area contributed by atoms with E-state index >= 15 is 0 Å². The van der Waals surface area contributed by atoms with Gasteiger partial charge >= 0.3 is 0 Å². The van der Waals surface area contributed by atoms with Crippen LogP contribution in [0.25, 0.3) is 0 Å². The van der Waals surface area contributed by atoms with Gasteiger partial charge < -0.3 is 19.7 Å². The number of amides is 2. The summed E-state index contributed by atoms with van der Waals surface area (Å²) in [7, 11) is 0. The normalized spacial score (nSPS) is 18.9. The molecular formula is C29H32FN3O4S. The number of hydrogen-bond acceptors (Lipinski definition) is 6. The molecule has 2 aliphatic heterocycles. The lowest BCUT2D eigenvalue weighted by Crippen LogP contribution is -2.42. The number of hydrogen-bond donors (Lipinski definition) is 1. The lowest BCUT2D eigenvalue weighted by Gasteiger charge is -2.39. The Morgan fingerprint density at radius 3 is 2.89 bits per heavy atom. The molecular weight excluding hydrogens is 505 g/mol. The van der Waals surface area contributed by atoms with E-state index in [9.17, 15) is 14.0 Å². The molecule has 2 aliphatic rings. The van der Waals surface area contributed by atoms with E-state index in [1.165, 1.54) is 23.5 Å². The van der Waals surface area contributed by atoms with Crippen LogP contribution >= 0.6 is 11.3 Å². The first-order valence-electron chi connectivity index (χ1n) is 13.0. The molecule has 2 aromatic carbocycles. The van der Waals surface area contributed by atoms with E-state index in [1.54, 1.807) is 11.4 Å². The van der Waals surface area contributed by atoms with E-state index in [2.05, 4.69) is 10.3 Å². The fourth-order valence-electron chi connectivity index (χ4n) is 5.02. The van der Waals surface area contributed by atoms with Crippen molar-refractivity contribution in [3.8, 4) is 5.75 Å². The maximum Gasteiger partial charge on any atom is 0.270 e. The molecule has 2 atom stereocenters. The second-order valence-electron chi connectivity index (χ2n) is 10.0. The Morgan fingerprint density at radius 1 is 1.26 bits per heavy atom. The zero-order chi connectivity index (χ0) is 26.6. The fourth-order valence-corrected chi connectivity index (χ4v) is 5.70. The highest BCUT2D eigenvalue weighted by Gasteiger charge is 2.33. The summed E-state index contributed by atoms with van der Waals surface area (Å²) in [6.07, 6.45) is 2.78. The van der Waals surface area contributed by atoms with Gasteiger partial charge in [-0.3, -0.25) is 9.59 Å². The summed E-state index contributed by atoms with van der Waals surface area (Å²) < 4.78 is 25.8. The van der Waals surface area contributed by atoms with Gasteiger partial charge in [0.2, 0.25) is 5.91 Å². The molecule has 1 aromatic heterocycles. The number of nitrogens with one attached hydrogen (secondary N) is 1. The molecule has 0 radical (unpaired) electrons. The minimum absolute atomic E-state index is 0.0318. The monoisotopic (exact) mass is 537 g/mol. The summed E-state index contributed by atoms with van der Waals surface area (Å²) in [5.41, 5.74) is 3.14. The minimum Gasteiger partial charge on any atom is -0.486 e. The van der Waals surface area contributed by atoms with Gasteiger partial charge in [0.1, 0.15) is 28.9 Å². The minimum atomic E-state index is -0.396. The van der Waals surface area contributed by atoms with Gasteiger partial charge in [-0.25, -0.2) is 9.37 Å². The van der Waals surface area contributed by atoms with E-state index in [0.29, 0.717) is 29.5 Å². The maximum absolute atomic E-state index is 14.2. The van der Waals surface area contributed by atoms with Crippen molar-refractivity contribution in [3.63, 3.8) is 0 Å². The van der Waals surface area contributed by atoms with Gasteiger partial charge in [0, 0.05) is 31.0 Å². The van der Waals surface area contributed by atoms with Gasteiger partial charge in [-0.2, -0.15) is 0 Å². The third-order valence-corrected chi connectivity index (χ3v) is 7.77. The number of rotatable bonds is 8. The van der Waals surface area contributed by atoms with Crippen molar-refractivity contribution in [1.82, 2.24) is 15.2 Å². The first-order chi connectivity index (χ1) is 18.4. The summed E-state index contributed by atoms with van der Waals surface area (Å²) in [5, 5.41) is 5.30. The quantitative estimate of drug-likeness (QED) is 0.442. The van der Waals surface area contributed by atoms with E-state index in [0.717, 1.165) is 42.6 Å². The number of halogens is 1. The molecule has 0 saturated carbocycles. The highest BCUT2D eigenvalue weighted by atomic mass is 32.1. The number of ether oxygens (including phenoxy) is 2. The van der Waals surface area contributed by atoms with E-state index in [1.807, 2.05) is 43.0 Å². The van der Waals surface area contributed by atoms with Gasteiger partial charge in [-0.15, -0.1) is 11.3 Å². The number of benzene rings is 2. The average molecular weight is 538 g/mol. The lowest BCUT2D eigenvalue weighted by molar-refractivity contribution is -0.136. The Hall–Kier alpha value is -3.30. The Kier molecular flexibility index (Phi) is 8.04. The third-order valence-electron chi connectivity index (χ3n) is 6.95. The van der Waals surface area contributed by atoms with Crippen LogP contribution in [0, 0.1) is 11.7 Å². The van der Waals surface area contributed by atoms with Crippen LogP contribution in [-0.4, -0.2) is 47.5 Å². The molecule has 9 heteroatoms. The molecule has 3 aromatic rings. The Balaban J connectivity index is 1.31. The van der Waals surface area contributed by atoms with Crippen LogP contribution in [0.15, 0.2) is 47.8 Å². The molecule has 1 saturated heterocycles. The van der Waals surface area contributed by atoms with Crippen LogP contribution in [0.2, 0.25) is 0 Å². The molecule has 0 unspecified atom stereocenters. The first kappa shape index (κ1) is 26.3. The molecule has 38 heavy (non-hydrogen) atoms. The van der Waals surface area contributed by atoms with E-state index < -0.39 is 6.04 Å². The smallest absolute Gasteiger partial charge is 0.270 e. The van der Waals surface area contributed by atoms with Gasteiger partial charge in [-0.1, -0.05) is 32.0 Å². The molecule has 7 nitrogen and oxygen atoms in total. The Morgan fingerprint density at radius 2 is 2.13 bits per heavy atom. The summed E-state index contributed by atoms with van der Waals surface area (Å²) in [4.78, 5) is 31.8. The number of aromatic nitrogens is 1. The predicted molar refractivity (Wildman–Crippen MR) is 143 cm³/mol. The van der Waals surface area contributed by atoms with Crippen LogP contribution in [0.4, 0.5) is 4.39 Å². The summed E-state index contributed by atoms with van der Waals surface area (Å²) in [5.74, 6) is -0.0649. The van der Waals surface area contributed by atoms with Gasteiger partial charge in [0.15, 0.2) is 0 Å². The number of fused-ring (bicyclic) bond motifs is 1. The molecule has 5 rings (SSSR count). The van der Waals surface area contributed by atoms with Crippen LogP contribution in [0.5, 0.6) is 5.75 Å². The van der Waals surface area contributed by atoms with E-state index in [-0.39, 0.29) is 36.3 Å². The van der Waals surface area contributed by atoms with Gasteiger partial charge in [-0.05, 0) is 60.2 Å². The van der Waals surface area contributed by atoms with Gasteiger partial charge in [0.25, 0.3) is 5.91 Å². The highest BCUT2D eigenvalue weighted by Crippen LogP contribution is 2.38. The van der Waals surface area contributed by atoms with E-state index in [4.69, 9.17) is 9.47 Å². The molecule has 1 N–H and O–H groups in total. The van der Waals surface area contributed by atoms with Crippen LogP contribution in [-0.2, 0) is 22.6 Å². The summed E-state index contributed by atoms with van der Waals surface area (Å²) >= 11 is 1.37. The van der Waals surface area contributed by atoms with Crippen molar-refractivity contribution in [2.75, 3.05) is 19.7 Å².